The molecule has 3 nitrogen and oxygen atoms in total. The number of hydrogen-bond acceptors (Lipinski definition) is 1. The van der Waals surface area contributed by atoms with E-state index in [0.29, 0.717) is 12.5 Å². The van der Waals surface area contributed by atoms with Crippen molar-refractivity contribution < 1.29 is 13.2 Å². The summed E-state index contributed by atoms with van der Waals surface area (Å²) in [4.78, 5) is 4.36. The summed E-state index contributed by atoms with van der Waals surface area (Å²) in [5, 5.41) is 6.29. The summed E-state index contributed by atoms with van der Waals surface area (Å²) >= 11 is 0. The zero-order valence-electron chi connectivity index (χ0n) is 12.4. The summed E-state index contributed by atoms with van der Waals surface area (Å²) in [5.74, 6) is 0.686. The van der Waals surface area contributed by atoms with Crippen LogP contribution < -0.4 is 10.6 Å². The Kier molecular flexibility index (Phi) is 7.05. The van der Waals surface area contributed by atoms with Crippen LogP contribution >= 0.6 is 0 Å². The van der Waals surface area contributed by atoms with E-state index in [0.717, 1.165) is 43.6 Å². The minimum Gasteiger partial charge on any atom is -0.357 e. The summed E-state index contributed by atoms with van der Waals surface area (Å²) in [6.45, 7) is 5.99. The number of aliphatic imine (C=N–C) groups is 1. The summed E-state index contributed by atoms with van der Waals surface area (Å²) < 4.78 is 37.4. The molecule has 118 valence electrons. The number of rotatable bonds is 6. The van der Waals surface area contributed by atoms with E-state index in [2.05, 4.69) is 22.5 Å². The van der Waals surface area contributed by atoms with Crippen molar-refractivity contribution in [3.63, 3.8) is 0 Å². The normalized spacial score (nSPS) is 12.3. The number of guanidine groups is 1. The lowest BCUT2D eigenvalue weighted by Crippen LogP contribution is -2.37. The van der Waals surface area contributed by atoms with Gasteiger partial charge >= 0.3 is 6.18 Å². The molecule has 0 aromatic heterocycles. The average molecular weight is 301 g/mol. The van der Waals surface area contributed by atoms with E-state index in [1.54, 1.807) is 0 Å². The lowest BCUT2D eigenvalue weighted by Gasteiger charge is -2.11. The molecule has 1 rings (SSSR count). The third-order valence-corrected chi connectivity index (χ3v) is 2.87. The highest BCUT2D eigenvalue weighted by molar-refractivity contribution is 5.79. The summed E-state index contributed by atoms with van der Waals surface area (Å²) in [6.07, 6.45) is -2.16. The van der Waals surface area contributed by atoms with Gasteiger partial charge in [-0.1, -0.05) is 25.5 Å². The second-order valence-electron chi connectivity index (χ2n) is 4.67. The van der Waals surface area contributed by atoms with Gasteiger partial charge in [0, 0.05) is 13.1 Å². The fraction of sp³-hybridized carbons (Fsp3) is 0.533. The van der Waals surface area contributed by atoms with Crippen LogP contribution in [0.3, 0.4) is 0 Å². The predicted molar refractivity (Wildman–Crippen MR) is 79.2 cm³/mol. The van der Waals surface area contributed by atoms with Gasteiger partial charge in [0.15, 0.2) is 5.96 Å². The molecule has 0 aliphatic heterocycles. The quantitative estimate of drug-likeness (QED) is 0.479. The first-order chi connectivity index (χ1) is 9.97. The van der Waals surface area contributed by atoms with E-state index in [4.69, 9.17) is 0 Å². The van der Waals surface area contributed by atoms with E-state index in [9.17, 15) is 13.2 Å². The van der Waals surface area contributed by atoms with Crippen molar-refractivity contribution in [1.29, 1.82) is 0 Å². The van der Waals surface area contributed by atoms with Gasteiger partial charge in [0.1, 0.15) is 0 Å². The van der Waals surface area contributed by atoms with E-state index >= 15 is 0 Å². The number of benzene rings is 1. The first-order valence-corrected chi connectivity index (χ1v) is 7.15. The monoisotopic (exact) mass is 301 g/mol. The Morgan fingerprint density at radius 3 is 2.29 bits per heavy atom. The Morgan fingerprint density at radius 2 is 1.76 bits per heavy atom. The molecule has 21 heavy (non-hydrogen) atoms. The molecule has 0 aliphatic carbocycles. The van der Waals surface area contributed by atoms with Crippen LogP contribution in [0, 0.1) is 0 Å². The minimum absolute atomic E-state index is 0.347. The van der Waals surface area contributed by atoms with Crippen LogP contribution in [0.2, 0.25) is 0 Å². The SMILES string of the molecule is CCCCNC(=NCc1ccc(C(F)(F)F)cc1)NCC. The molecular weight excluding hydrogens is 279 g/mol. The van der Waals surface area contributed by atoms with Gasteiger partial charge in [-0.15, -0.1) is 0 Å². The van der Waals surface area contributed by atoms with Crippen molar-refractivity contribution in [3.05, 3.63) is 35.4 Å². The van der Waals surface area contributed by atoms with E-state index < -0.39 is 11.7 Å². The lowest BCUT2D eigenvalue weighted by molar-refractivity contribution is -0.137. The zero-order chi connectivity index (χ0) is 15.7. The molecule has 1 aromatic carbocycles. The van der Waals surface area contributed by atoms with Gasteiger partial charge in [-0.25, -0.2) is 4.99 Å². The van der Waals surface area contributed by atoms with Gasteiger partial charge in [0.25, 0.3) is 0 Å². The highest BCUT2D eigenvalue weighted by Gasteiger charge is 2.29. The summed E-state index contributed by atoms with van der Waals surface area (Å²) in [6, 6.07) is 5.09. The molecule has 0 saturated carbocycles. The molecule has 1 aromatic rings. The van der Waals surface area contributed by atoms with Crippen molar-refractivity contribution in [2.24, 2.45) is 4.99 Å². The van der Waals surface area contributed by atoms with Gasteiger partial charge in [-0.05, 0) is 31.0 Å². The number of unbranched alkanes of at least 4 members (excludes halogenated alkanes) is 1. The van der Waals surface area contributed by atoms with Crippen molar-refractivity contribution in [2.45, 2.75) is 39.4 Å². The average Bonchev–Trinajstić information content (AvgIpc) is 2.44. The maximum absolute atomic E-state index is 12.5. The highest BCUT2D eigenvalue weighted by atomic mass is 19.4. The van der Waals surface area contributed by atoms with Crippen molar-refractivity contribution in [3.8, 4) is 0 Å². The van der Waals surface area contributed by atoms with Gasteiger partial charge in [-0.2, -0.15) is 13.2 Å². The van der Waals surface area contributed by atoms with Crippen LogP contribution in [-0.2, 0) is 12.7 Å². The number of nitrogens with zero attached hydrogens (tertiary/aromatic N) is 1. The molecule has 6 heteroatoms. The van der Waals surface area contributed by atoms with Crippen LogP contribution in [0.4, 0.5) is 13.2 Å². The molecule has 0 spiro atoms. The first-order valence-electron chi connectivity index (χ1n) is 7.15. The molecular formula is C15H22F3N3. The van der Waals surface area contributed by atoms with E-state index in [-0.39, 0.29) is 0 Å². The molecule has 0 aliphatic rings. The molecule has 0 fully saturated rings. The largest absolute Gasteiger partial charge is 0.416 e. The fourth-order valence-electron chi connectivity index (χ4n) is 1.69. The standard InChI is InChI=1S/C15H22F3N3/c1-3-5-10-20-14(19-4-2)21-11-12-6-8-13(9-7-12)15(16,17)18/h6-9H,3-5,10-11H2,1-2H3,(H2,19,20,21). The molecule has 2 N–H and O–H groups in total. The van der Waals surface area contributed by atoms with E-state index in [1.165, 1.54) is 12.1 Å². The van der Waals surface area contributed by atoms with Crippen LogP contribution in [0.25, 0.3) is 0 Å². The molecule has 0 saturated heterocycles. The van der Waals surface area contributed by atoms with Crippen LogP contribution in [-0.4, -0.2) is 19.0 Å². The molecule has 0 unspecified atom stereocenters. The maximum Gasteiger partial charge on any atom is 0.416 e. The number of hydrogen-bond donors (Lipinski definition) is 2. The lowest BCUT2D eigenvalue weighted by atomic mass is 10.1. The van der Waals surface area contributed by atoms with Gasteiger partial charge in [0.2, 0.25) is 0 Å². The Balaban J connectivity index is 2.62. The molecule has 0 bridgehead atoms. The van der Waals surface area contributed by atoms with Crippen LogP contribution in [0.1, 0.15) is 37.8 Å². The predicted octanol–water partition coefficient (Wildman–Crippen LogP) is 3.56. The minimum atomic E-state index is -4.29. The second kappa shape index (κ2) is 8.54. The van der Waals surface area contributed by atoms with Crippen LogP contribution in [0.5, 0.6) is 0 Å². The molecule has 0 radical (unpaired) electrons. The Labute approximate surface area is 123 Å². The summed E-state index contributed by atoms with van der Waals surface area (Å²) in [5.41, 5.74) is 0.110. The van der Waals surface area contributed by atoms with Crippen molar-refractivity contribution in [1.82, 2.24) is 10.6 Å². The topological polar surface area (TPSA) is 36.4 Å². The Bertz CT molecular complexity index is 438. The first kappa shape index (κ1) is 17.3. The zero-order valence-corrected chi connectivity index (χ0v) is 12.4. The molecule has 0 atom stereocenters. The maximum atomic E-state index is 12.5. The fourth-order valence-corrected chi connectivity index (χ4v) is 1.69. The van der Waals surface area contributed by atoms with Crippen molar-refractivity contribution in [2.75, 3.05) is 13.1 Å². The second-order valence-corrected chi connectivity index (χ2v) is 4.67. The van der Waals surface area contributed by atoms with Crippen molar-refractivity contribution >= 4 is 5.96 Å². The Morgan fingerprint density at radius 1 is 1.10 bits per heavy atom. The number of halogens is 3. The smallest absolute Gasteiger partial charge is 0.357 e. The van der Waals surface area contributed by atoms with E-state index in [1.807, 2.05) is 6.92 Å². The van der Waals surface area contributed by atoms with Crippen LogP contribution in [0.15, 0.2) is 29.3 Å². The third kappa shape index (κ3) is 6.51. The molecule has 0 amide bonds. The van der Waals surface area contributed by atoms with Gasteiger partial charge < -0.3 is 10.6 Å². The molecule has 0 heterocycles. The number of nitrogens with one attached hydrogen (secondary N) is 2. The Hall–Kier alpha value is -1.72. The third-order valence-electron chi connectivity index (χ3n) is 2.87. The summed E-state index contributed by atoms with van der Waals surface area (Å²) in [7, 11) is 0. The highest BCUT2D eigenvalue weighted by Crippen LogP contribution is 2.29. The van der Waals surface area contributed by atoms with Gasteiger partial charge in [0.05, 0.1) is 12.1 Å². The number of alkyl halides is 3. The van der Waals surface area contributed by atoms with Gasteiger partial charge in [-0.3, -0.25) is 0 Å².